The van der Waals surface area contributed by atoms with Crippen LogP contribution in [0.25, 0.3) is 16.6 Å². The molecule has 162 valence electrons. The number of carbonyl (C=O) groups is 2. The van der Waals surface area contributed by atoms with Crippen molar-refractivity contribution in [1.29, 1.82) is 0 Å². The highest BCUT2D eigenvalue weighted by Crippen LogP contribution is 2.29. The number of anilines is 2. The molecule has 0 aliphatic rings. The maximum absolute atomic E-state index is 13.3. The van der Waals surface area contributed by atoms with Crippen LogP contribution in [0.15, 0.2) is 79.0 Å². The third-order valence-electron chi connectivity index (χ3n) is 5.74. The number of nitrogens with zero attached hydrogens (tertiary/aromatic N) is 2. The Morgan fingerprint density at radius 2 is 1.62 bits per heavy atom. The monoisotopic (exact) mass is 425 g/mol. The predicted octanol–water partition coefficient (Wildman–Crippen LogP) is 5.58. The number of fused-ring (bicyclic) bond motifs is 1. The number of carbonyl (C=O) groups excluding carboxylic acids is 2. The van der Waals surface area contributed by atoms with Crippen molar-refractivity contribution in [3.8, 4) is 11.1 Å². The van der Waals surface area contributed by atoms with Crippen LogP contribution in [0.4, 0.5) is 11.4 Å². The zero-order chi connectivity index (χ0) is 22.7. The van der Waals surface area contributed by atoms with Gasteiger partial charge in [0.25, 0.3) is 11.7 Å². The minimum absolute atomic E-state index is 0.362. The van der Waals surface area contributed by atoms with E-state index in [2.05, 4.69) is 24.1 Å². The maximum Gasteiger partial charge on any atom is 0.298 e. The normalized spacial score (nSPS) is 10.8. The molecule has 0 aliphatic heterocycles. The van der Waals surface area contributed by atoms with E-state index >= 15 is 0 Å². The molecule has 4 aromatic rings. The number of pyridine rings is 1. The summed E-state index contributed by atoms with van der Waals surface area (Å²) in [5.74, 6) is -1.22. The van der Waals surface area contributed by atoms with Crippen molar-refractivity contribution >= 4 is 28.6 Å². The number of aromatic nitrogens is 1. The van der Waals surface area contributed by atoms with Crippen molar-refractivity contribution in [3.05, 3.63) is 90.3 Å². The van der Waals surface area contributed by atoms with Crippen LogP contribution in [-0.4, -0.2) is 29.2 Å². The summed E-state index contributed by atoms with van der Waals surface area (Å²) in [5, 5.41) is 2.80. The van der Waals surface area contributed by atoms with Gasteiger partial charge >= 0.3 is 0 Å². The Hall–Kier alpha value is -3.86. The fourth-order valence-corrected chi connectivity index (χ4v) is 4.14. The highest BCUT2D eigenvalue weighted by molar-refractivity contribution is 6.47. The lowest BCUT2D eigenvalue weighted by atomic mass is 10.0. The van der Waals surface area contributed by atoms with Gasteiger partial charge in [0.05, 0.1) is 0 Å². The van der Waals surface area contributed by atoms with E-state index in [1.807, 2.05) is 85.9 Å². The molecule has 0 unspecified atom stereocenters. The van der Waals surface area contributed by atoms with E-state index in [4.69, 9.17) is 0 Å². The summed E-state index contributed by atoms with van der Waals surface area (Å²) in [5.41, 5.74) is 5.65. The molecule has 2 aromatic carbocycles. The molecule has 2 heterocycles. The molecular formula is C27H27N3O2. The van der Waals surface area contributed by atoms with Gasteiger partial charge < -0.3 is 14.6 Å². The summed E-state index contributed by atoms with van der Waals surface area (Å²) in [6, 6.07) is 23.0. The number of hydrogen-bond donors (Lipinski definition) is 1. The molecule has 0 saturated carbocycles. The molecule has 1 amide bonds. The highest BCUT2D eigenvalue weighted by Gasteiger charge is 2.25. The van der Waals surface area contributed by atoms with E-state index in [1.54, 1.807) is 4.40 Å². The van der Waals surface area contributed by atoms with Crippen LogP contribution in [0.5, 0.6) is 0 Å². The van der Waals surface area contributed by atoms with Crippen LogP contribution < -0.4 is 10.2 Å². The van der Waals surface area contributed by atoms with E-state index in [0.717, 1.165) is 41.0 Å². The third-order valence-corrected chi connectivity index (χ3v) is 5.74. The van der Waals surface area contributed by atoms with E-state index in [-0.39, 0.29) is 0 Å². The lowest BCUT2D eigenvalue weighted by Crippen LogP contribution is -2.25. The van der Waals surface area contributed by atoms with Crippen molar-refractivity contribution in [2.75, 3.05) is 23.3 Å². The van der Waals surface area contributed by atoms with E-state index in [0.29, 0.717) is 11.4 Å². The Bertz CT molecular complexity index is 1270. The van der Waals surface area contributed by atoms with Gasteiger partial charge in [-0.3, -0.25) is 9.59 Å². The van der Waals surface area contributed by atoms with Gasteiger partial charge in [0.1, 0.15) is 5.69 Å². The number of amides is 1. The summed E-state index contributed by atoms with van der Waals surface area (Å²) >= 11 is 0. The lowest BCUT2D eigenvalue weighted by Gasteiger charge is -2.23. The maximum atomic E-state index is 13.3. The van der Waals surface area contributed by atoms with Crippen LogP contribution in [-0.2, 0) is 4.79 Å². The van der Waals surface area contributed by atoms with Crippen molar-refractivity contribution in [1.82, 2.24) is 4.40 Å². The molecule has 4 rings (SSSR count). The minimum atomic E-state index is -0.652. The Morgan fingerprint density at radius 3 is 2.31 bits per heavy atom. The van der Waals surface area contributed by atoms with Crippen molar-refractivity contribution < 1.29 is 9.59 Å². The molecule has 1 N–H and O–H groups in total. The van der Waals surface area contributed by atoms with E-state index in [9.17, 15) is 9.59 Å². The number of rotatable bonds is 7. The standard InChI is InChI=1S/C27H27N3O2/c1-4-29(5-2)24-15-14-21(17-19(24)3)28-27(32)26(31)25-23(20-11-7-6-8-12-20)18-22-13-9-10-16-30(22)25/h6-18H,4-5H2,1-3H3,(H,28,32). The first-order valence-corrected chi connectivity index (χ1v) is 10.9. The van der Waals surface area contributed by atoms with Crippen LogP contribution >= 0.6 is 0 Å². The van der Waals surface area contributed by atoms with E-state index < -0.39 is 11.7 Å². The molecule has 5 nitrogen and oxygen atoms in total. The molecule has 0 spiro atoms. The molecule has 32 heavy (non-hydrogen) atoms. The second kappa shape index (κ2) is 9.10. The summed E-state index contributed by atoms with van der Waals surface area (Å²) in [6.45, 7) is 8.06. The van der Waals surface area contributed by atoms with Crippen LogP contribution in [0.1, 0.15) is 29.9 Å². The molecule has 0 radical (unpaired) electrons. The minimum Gasteiger partial charge on any atom is -0.372 e. The first-order valence-electron chi connectivity index (χ1n) is 10.9. The molecule has 0 saturated heterocycles. The topological polar surface area (TPSA) is 53.8 Å². The second-order valence-corrected chi connectivity index (χ2v) is 7.72. The van der Waals surface area contributed by atoms with Crippen LogP contribution in [0.3, 0.4) is 0 Å². The summed E-state index contributed by atoms with van der Waals surface area (Å²) in [6.07, 6.45) is 1.81. The molecule has 0 fully saturated rings. The second-order valence-electron chi connectivity index (χ2n) is 7.72. The molecule has 5 heteroatoms. The van der Waals surface area contributed by atoms with Crippen molar-refractivity contribution in [3.63, 3.8) is 0 Å². The van der Waals surface area contributed by atoms with Gasteiger partial charge in [-0.05, 0) is 68.3 Å². The van der Waals surface area contributed by atoms with Crippen LogP contribution in [0, 0.1) is 6.92 Å². The van der Waals surface area contributed by atoms with Crippen molar-refractivity contribution in [2.24, 2.45) is 0 Å². The van der Waals surface area contributed by atoms with Crippen molar-refractivity contribution in [2.45, 2.75) is 20.8 Å². The Morgan fingerprint density at radius 1 is 0.906 bits per heavy atom. The average molecular weight is 426 g/mol. The number of nitrogens with one attached hydrogen (secondary N) is 1. The van der Waals surface area contributed by atoms with Gasteiger partial charge in [0.15, 0.2) is 0 Å². The molecular weight excluding hydrogens is 398 g/mol. The predicted molar refractivity (Wildman–Crippen MR) is 131 cm³/mol. The fraction of sp³-hybridized carbons (Fsp3) is 0.185. The Kier molecular flexibility index (Phi) is 6.08. The fourth-order valence-electron chi connectivity index (χ4n) is 4.14. The number of benzene rings is 2. The number of ketones is 1. The molecule has 2 aromatic heterocycles. The van der Waals surface area contributed by atoms with Gasteiger partial charge in [-0.2, -0.15) is 0 Å². The summed E-state index contributed by atoms with van der Waals surface area (Å²) in [7, 11) is 0. The van der Waals surface area contributed by atoms with E-state index in [1.165, 1.54) is 0 Å². The van der Waals surface area contributed by atoms with Gasteiger partial charge in [-0.25, -0.2) is 0 Å². The van der Waals surface area contributed by atoms with Gasteiger partial charge in [-0.15, -0.1) is 0 Å². The first-order chi connectivity index (χ1) is 15.5. The van der Waals surface area contributed by atoms with Crippen LogP contribution in [0.2, 0.25) is 0 Å². The number of hydrogen-bond acceptors (Lipinski definition) is 3. The quantitative estimate of drug-likeness (QED) is 0.311. The SMILES string of the molecule is CCN(CC)c1ccc(NC(=O)C(=O)c2c(-c3ccccc3)cc3ccccn23)cc1C. The zero-order valence-corrected chi connectivity index (χ0v) is 18.6. The largest absolute Gasteiger partial charge is 0.372 e. The first kappa shape index (κ1) is 21.4. The van der Waals surface area contributed by atoms with Gasteiger partial charge in [0.2, 0.25) is 0 Å². The van der Waals surface area contributed by atoms with Gasteiger partial charge in [-0.1, -0.05) is 36.4 Å². The number of aryl methyl sites for hydroxylation is 1. The molecule has 0 atom stereocenters. The third kappa shape index (κ3) is 4.02. The summed E-state index contributed by atoms with van der Waals surface area (Å²) < 4.78 is 1.78. The zero-order valence-electron chi connectivity index (χ0n) is 18.6. The smallest absolute Gasteiger partial charge is 0.298 e. The number of Topliss-reactive ketones (excluding diaryl/α,β-unsaturated/α-hetero) is 1. The highest BCUT2D eigenvalue weighted by atomic mass is 16.2. The molecule has 0 aliphatic carbocycles. The molecule has 0 bridgehead atoms. The lowest BCUT2D eigenvalue weighted by molar-refractivity contribution is -0.112. The Labute approximate surface area is 188 Å². The Balaban J connectivity index is 1.67. The summed E-state index contributed by atoms with van der Waals surface area (Å²) in [4.78, 5) is 28.6. The van der Waals surface area contributed by atoms with Gasteiger partial charge in [0, 0.05) is 41.7 Å². The average Bonchev–Trinajstić information content (AvgIpc) is 3.20.